The van der Waals surface area contributed by atoms with E-state index in [4.69, 9.17) is 9.15 Å². The van der Waals surface area contributed by atoms with Crippen molar-refractivity contribution in [3.05, 3.63) is 71.2 Å². The van der Waals surface area contributed by atoms with Crippen LogP contribution in [0, 0.1) is 5.82 Å². The maximum absolute atomic E-state index is 13.3. The average molecular weight is 411 g/mol. The zero-order valence-corrected chi connectivity index (χ0v) is 15.9. The molecule has 0 saturated heterocycles. The molecular weight excluding hydrogens is 393 g/mol. The summed E-state index contributed by atoms with van der Waals surface area (Å²) in [5.74, 6) is -2.65. The van der Waals surface area contributed by atoms with Gasteiger partial charge in [-0.3, -0.25) is 14.9 Å². The van der Waals surface area contributed by atoms with E-state index in [1.54, 1.807) is 16.8 Å². The Balaban J connectivity index is 1.48. The Bertz CT molecular complexity index is 1090. The largest absolute Gasteiger partial charge is 0.459 e. The lowest BCUT2D eigenvalue weighted by molar-refractivity contribution is -0.123. The molecule has 2 heterocycles. The number of hydrogen-bond donors (Lipinski definition) is 1. The summed E-state index contributed by atoms with van der Waals surface area (Å²) in [7, 11) is 0. The smallest absolute Gasteiger partial charge is 0.359 e. The Hall–Kier alpha value is -3.75. The van der Waals surface area contributed by atoms with Gasteiger partial charge in [-0.1, -0.05) is 0 Å². The van der Waals surface area contributed by atoms with E-state index in [-0.39, 0.29) is 17.3 Å². The van der Waals surface area contributed by atoms with Crippen LogP contribution in [-0.4, -0.2) is 34.2 Å². The summed E-state index contributed by atoms with van der Waals surface area (Å²) >= 11 is 0. The van der Waals surface area contributed by atoms with Gasteiger partial charge in [0.2, 0.25) is 0 Å². The molecule has 2 amide bonds. The molecule has 0 spiro atoms. The van der Waals surface area contributed by atoms with Crippen LogP contribution in [0.4, 0.5) is 4.39 Å². The Labute approximate surface area is 170 Å². The fraction of sp³-hybridized carbons (Fsp3) is 0.238. The second-order valence-corrected chi connectivity index (χ2v) is 6.80. The first-order valence-corrected chi connectivity index (χ1v) is 9.44. The highest BCUT2D eigenvalue weighted by atomic mass is 19.1. The Kier molecular flexibility index (Phi) is 5.42. The van der Waals surface area contributed by atoms with Crippen molar-refractivity contribution in [1.29, 1.82) is 0 Å². The number of ether oxygens (including phenoxy) is 1. The highest BCUT2D eigenvalue weighted by Crippen LogP contribution is 2.27. The molecule has 0 unspecified atom stereocenters. The number of nitrogens with one attached hydrogen (secondary N) is 1. The summed E-state index contributed by atoms with van der Waals surface area (Å²) in [5.41, 5.74) is 2.40. The number of nitrogens with zero attached hydrogens (tertiary/aromatic N) is 2. The van der Waals surface area contributed by atoms with E-state index in [1.165, 1.54) is 30.5 Å². The van der Waals surface area contributed by atoms with Crippen molar-refractivity contribution in [2.24, 2.45) is 0 Å². The molecular formula is C21H18FN3O5. The van der Waals surface area contributed by atoms with Gasteiger partial charge in [-0.05, 0) is 62.1 Å². The highest BCUT2D eigenvalue weighted by Gasteiger charge is 2.27. The molecule has 0 radical (unpaired) electrons. The third kappa shape index (κ3) is 4.00. The van der Waals surface area contributed by atoms with Crippen molar-refractivity contribution in [2.75, 3.05) is 6.61 Å². The van der Waals surface area contributed by atoms with Gasteiger partial charge in [0, 0.05) is 11.3 Å². The maximum atomic E-state index is 13.3. The first-order valence-electron chi connectivity index (χ1n) is 9.44. The zero-order chi connectivity index (χ0) is 21.1. The van der Waals surface area contributed by atoms with E-state index in [0.717, 1.165) is 30.5 Å². The number of benzene rings is 1. The number of carbonyl (C=O) groups is 3. The number of fused-ring (bicyclic) bond motifs is 1. The van der Waals surface area contributed by atoms with Crippen molar-refractivity contribution in [1.82, 2.24) is 15.1 Å². The third-order valence-corrected chi connectivity index (χ3v) is 4.78. The van der Waals surface area contributed by atoms with Gasteiger partial charge in [-0.2, -0.15) is 5.10 Å². The predicted octanol–water partition coefficient (Wildman–Crippen LogP) is 2.60. The maximum Gasteiger partial charge on any atom is 0.359 e. The number of furan rings is 1. The topological polar surface area (TPSA) is 103 Å². The Morgan fingerprint density at radius 3 is 2.63 bits per heavy atom. The lowest BCUT2D eigenvalue weighted by Gasteiger charge is -2.14. The fourth-order valence-corrected chi connectivity index (χ4v) is 3.39. The zero-order valence-electron chi connectivity index (χ0n) is 15.9. The van der Waals surface area contributed by atoms with Gasteiger partial charge >= 0.3 is 5.97 Å². The lowest BCUT2D eigenvalue weighted by atomic mass is 9.95. The van der Waals surface area contributed by atoms with Gasteiger partial charge in [-0.25, -0.2) is 13.9 Å². The SMILES string of the molecule is O=C(COC(=O)c1nn(-c2ccc(F)cc2)c2c1CCCC2)NC(=O)c1ccco1. The van der Waals surface area contributed by atoms with Crippen LogP contribution in [0.1, 0.15) is 45.1 Å². The quantitative estimate of drug-likeness (QED) is 0.648. The fourth-order valence-electron chi connectivity index (χ4n) is 3.39. The molecule has 1 N–H and O–H groups in total. The minimum atomic E-state index is -0.781. The first kappa shape index (κ1) is 19.6. The molecule has 154 valence electrons. The molecule has 30 heavy (non-hydrogen) atoms. The number of carbonyl (C=O) groups excluding carboxylic acids is 3. The number of hydrogen-bond acceptors (Lipinski definition) is 6. The normalized spacial score (nSPS) is 12.8. The minimum Gasteiger partial charge on any atom is -0.459 e. The minimum absolute atomic E-state index is 0.0261. The first-order chi connectivity index (χ1) is 14.5. The van der Waals surface area contributed by atoms with E-state index < -0.39 is 24.4 Å². The van der Waals surface area contributed by atoms with Crippen molar-refractivity contribution >= 4 is 17.8 Å². The molecule has 0 saturated carbocycles. The molecule has 1 aromatic carbocycles. The molecule has 0 fully saturated rings. The Morgan fingerprint density at radius 1 is 1.13 bits per heavy atom. The second kappa shape index (κ2) is 8.32. The number of rotatable bonds is 5. The second-order valence-electron chi connectivity index (χ2n) is 6.80. The van der Waals surface area contributed by atoms with E-state index >= 15 is 0 Å². The Morgan fingerprint density at radius 2 is 1.90 bits per heavy atom. The van der Waals surface area contributed by atoms with Gasteiger partial charge in [0.1, 0.15) is 5.82 Å². The van der Waals surface area contributed by atoms with Crippen LogP contribution in [0.3, 0.4) is 0 Å². The number of amides is 2. The molecule has 8 nitrogen and oxygen atoms in total. The number of esters is 1. The molecule has 0 atom stereocenters. The average Bonchev–Trinajstić information content (AvgIpc) is 3.41. The lowest BCUT2D eigenvalue weighted by Crippen LogP contribution is -2.34. The van der Waals surface area contributed by atoms with E-state index in [9.17, 15) is 18.8 Å². The summed E-state index contributed by atoms with van der Waals surface area (Å²) in [6, 6.07) is 8.73. The summed E-state index contributed by atoms with van der Waals surface area (Å²) < 4.78 is 24.8. The monoisotopic (exact) mass is 411 g/mol. The van der Waals surface area contributed by atoms with Crippen LogP contribution in [0.15, 0.2) is 47.1 Å². The van der Waals surface area contributed by atoms with Gasteiger partial charge in [-0.15, -0.1) is 0 Å². The molecule has 0 aliphatic heterocycles. The molecule has 9 heteroatoms. The van der Waals surface area contributed by atoms with Crippen LogP contribution in [0.25, 0.3) is 5.69 Å². The van der Waals surface area contributed by atoms with Gasteiger partial charge in [0.15, 0.2) is 18.1 Å². The van der Waals surface area contributed by atoms with Crippen molar-refractivity contribution in [2.45, 2.75) is 25.7 Å². The van der Waals surface area contributed by atoms with Gasteiger partial charge in [0.25, 0.3) is 11.8 Å². The summed E-state index contributed by atoms with van der Waals surface area (Å²) in [6.45, 7) is -0.635. The third-order valence-electron chi connectivity index (χ3n) is 4.78. The predicted molar refractivity (Wildman–Crippen MR) is 102 cm³/mol. The molecule has 1 aliphatic carbocycles. The van der Waals surface area contributed by atoms with E-state index in [2.05, 4.69) is 10.4 Å². The number of imide groups is 1. The highest BCUT2D eigenvalue weighted by molar-refractivity contribution is 6.04. The van der Waals surface area contributed by atoms with Crippen LogP contribution < -0.4 is 5.32 Å². The van der Waals surface area contributed by atoms with Crippen molar-refractivity contribution in [3.63, 3.8) is 0 Å². The molecule has 2 aromatic heterocycles. The van der Waals surface area contributed by atoms with Crippen molar-refractivity contribution in [3.8, 4) is 5.69 Å². The van der Waals surface area contributed by atoms with E-state index in [0.29, 0.717) is 12.1 Å². The number of aromatic nitrogens is 2. The van der Waals surface area contributed by atoms with Gasteiger partial charge < -0.3 is 9.15 Å². The van der Waals surface area contributed by atoms with Crippen LogP contribution in [0.2, 0.25) is 0 Å². The van der Waals surface area contributed by atoms with Crippen LogP contribution >= 0.6 is 0 Å². The van der Waals surface area contributed by atoms with Crippen LogP contribution in [0.5, 0.6) is 0 Å². The molecule has 1 aliphatic rings. The summed E-state index contributed by atoms with van der Waals surface area (Å²) in [4.78, 5) is 36.3. The van der Waals surface area contributed by atoms with Gasteiger partial charge in [0.05, 0.1) is 12.0 Å². The summed E-state index contributed by atoms with van der Waals surface area (Å²) in [6.07, 6.45) is 4.54. The molecule has 3 aromatic rings. The molecule has 0 bridgehead atoms. The molecule has 4 rings (SSSR count). The summed E-state index contributed by atoms with van der Waals surface area (Å²) in [5, 5.41) is 6.46. The van der Waals surface area contributed by atoms with Crippen LogP contribution in [-0.2, 0) is 22.4 Å². The van der Waals surface area contributed by atoms with Crippen molar-refractivity contribution < 1.29 is 27.9 Å². The van der Waals surface area contributed by atoms with E-state index in [1.807, 2.05) is 0 Å². The number of halogens is 1. The standard InChI is InChI=1S/C21H18FN3O5/c22-13-7-9-14(10-8-13)25-16-5-2-1-4-15(16)19(24-25)21(28)30-12-18(26)23-20(27)17-6-3-11-29-17/h3,6-11H,1-2,4-5,12H2,(H,23,26,27).